The monoisotopic (exact) mass is 324 g/mol. The molecule has 0 aromatic carbocycles. The van der Waals surface area contributed by atoms with Crippen LogP contribution in [-0.2, 0) is 14.8 Å². The van der Waals surface area contributed by atoms with Crippen molar-refractivity contribution < 1.29 is 13.2 Å². The predicted molar refractivity (Wildman–Crippen MR) is 83.8 cm³/mol. The average Bonchev–Trinajstić information content (AvgIpc) is 2.99. The molecule has 3 rings (SSSR count). The molecule has 1 unspecified atom stereocenters. The Hall–Kier alpha value is -1.67. The van der Waals surface area contributed by atoms with Crippen LogP contribution in [0.2, 0.25) is 0 Å². The zero-order chi connectivity index (χ0) is 15.6. The molecule has 8 heteroatoms. The van der Waals surface area contributed by atoms with Gasteiger partial charge in [0.1, 0.15) is 5.84 Å². The number of nitrogens with one attached hydrogen (secondary N) is 2. The van der Waals surface area contributed by atoms with Crippen molar-refractivity contribution in [1.82, 2.24) is 15.5 Å². The molecule has 1 saturated heterocycles. The second-order valence-electron chi connectivity index (χ2n) is 5.75. The molecule has 3 aliphatic rings. The number of sulfonamides is 1. The Bertz CT molecular complexity index is 645. The summed E-state index contributed by atoms with van der Waals surface area (Å²) in [5.74, 6) is 0.862. The number of amidine groups is 1. The Morgan fingerprint density at radius 2 is 2.32 bits per heavy atom. The smallest absolute Gasteiger partial charge is 0.256 e. The third-order valence-corrected chi connectivity index (χ3v) is 5.25. The lowest BCUT2D eigenvalue weighted by atomic mass is 10.1. The zero-order valence-electron chi connectivity index (χ0n) is 12.3. The van der Waals surface area contributed by atoms with Gasteiger partial charge in [-0.2, -0.15) is 0 Å². The minimum absolute atomic E-state index is 0.0234. The molecule has 0 spiro atoms. The number of carbonyl (C=O) groups is 1. The normalized spacial score (nSPS) is 26.2. The fraction of sp³-hybridized carbons (Fsp3) is 0.571. The maximum atomic E-state index is 12.1. The number of nitrogens with zero attached hydrogens (tertiary/aromatic N) is 2. The Kier molecular flexibility index (Phi) is 4.30. The van der Waals surface area contributed by atoms with Crippen LogP contribution in [0.5, 0.6) is 0 Å². The minimum atomic E-state index is -3.36. The van der Waals surface area contributed by atoms with Gasteiger partial charge in [-0.1, -0.05) is 0 Å². The summed E-state index contributed by atoms with van der Waals surface area (Å²) in [6, 6.07) is 0. The summed E-state index contributed by atoms with van der Waals surface area (Å²) in [7, 11) is -3.36. The highest BCUT2D eigenvalue weighted by Gasteiger charge is 2.25. The van der Waals surface area contributed by atoms with E-state index in [4.69, 9.17) is 0 Å². The van der Waals surface area contributed by atoms with Gasteiger partial charge in [-0.05, 0) is 44.0 Å². The van der Waals surface area contributed by atoms with Crippen LogP contribution in [0.1, 0.15) is 12.8 Å². The standard InChI is InChI=1S/C14H20N4O3S/c19-14(16-6-4-11-3-5-15-9-11)12-1-2-13-17-22(20,21)8-7-18(13)10-12/h1-2,10-11,15H,3-9H2,(H,16,19). The van der Waals surface area contributed by atoms with Crippen molar-refractivity contribution in [1.29, 1.82) is 0 Å². The van der Waals surface area contributed by atoms with Crippen LogP contribution in [0, 0.1) is 5.92 Å². The molecule has 22 heavy (non-hydrogen) atoms. The van der Waals surface area contributed by atoms with E-state index in [9.17, 15) is 13.2 Å². The topological polar surface area (TPSA) is 90.9 Å². The molecule has 1 atom stereocenters. The Morgan fingerprint density at radius 1 is 1.45 bits per heavy atom. The van der Waals surface area contributed by atoms with Crippen LogP contribution in [0.3, 0.4) is 0 Å². The summed E-state index contributed by atoms with van der Waals surface area (Å²) in [5, 5.41) is 6.23. The number of hydrogen-bond acceptors (Lipinski definition) is 5. The van der Waals surface area contributed by atoms with Crippen LogP contribution in [0.15, 0.2) is 28.3 Å². The molecule has 0 bridgehead atoms. The van der Waals surface area contributed by atoms with Crippen molar-refractivity contribution in [2.45, 2.75) is 12.8 Å². The third-order valence-electron chi connectivity index (χ3n) is 4.09. The molecule has 3 aliphatic heterocycles. The molecule has 7 nitrogen and oxygen atoms in total. The molecule has 3 heterocycles. The van der Waals surface area contributed by atoms with Crippen LogP contribution in [0.25, 0.3) is 0 Å². The molecule has 120 valence electrons. The molecule has 0 aliphatic carbocycles. The van der Waals surface area contributed by atoms with Crippen LogP contribution in [0.4, 0.5) is 0 Å². The van der Waals surface area contributed by atoms with Gasteiger partial charge in [-0.15, -0.1) is 4.40 Å². The largest absolute Gasteiger partial charge is 0.352 e. The maximum Gasteiger partial charge on any atom is 0.256 e. The highest BCUT2D eigenvalue weighted by molar-refractivity contribution is 7.90. The van der Waals surface area contributed by atoms with Gasteiger partial charge in [0, 0.05) is 19.3 Å². The molecule has 1 amide bonds. The molecule has 1 fully saturated rings. The van der Waals surface area contributed by atoms with Crippen molar-refractivity contribution >= 4 is 21.8 Å². The number of rotatable bonds is 4. The van der Waals surface area contributed by atoms with Gasteiger partial charge in [0.2, 0.25) is 0 Å². The lowest BCUT2D eigenvalue weighted by Crippen LogP contribution is -2.38. The molecule has 2 N–H and O–H groups in total. The van der Waals surface area contributed by atoms with Crippen molar-refractivity contribution in [2.75, 3.05) is 31.9 Å². The number of carbonyl (C=O) groups excluding carboxylic acids is 1. The number of amides is 1. The third kappa shape index (κ3) is 3.56. The van der Waals surface area contributed by atoms with E-state index in [1.54, 1.807) is 23.3 Å². The van der Waals surface area contributed by atoms with Crippen molar-refractivity contribution in [3.8, 4) is 0 Å². The van der Waals surface area contributed by atoms with Crippen LogP contribution >= 0.6 is 0 Å². The maximum absolute atomic E-state index is 12.1. The van der Waals surface area contributed by atoms with Crippen molar-refractivity contribution in [2.24, 2.45) is 10.3 Å². The van der Waals surface area contributed by atoms with Crippen LogP contribution < -0.4 is 10.6 Å². The molecule has 0 radical (unpaired) electrons. The van der Waals surface area contributed by atoms with E-state index in [-0.39, 0.29) is 11.7 Å². The van der Waals surface area contributed by atoms with Crippen molar-refractivity contribution in [3.05, 3.63) is 23.9 Å². The Morgan fingerprint density at radius 3 is 3.09 bits per heavy atom. The fourth-order valence-corrected chi connectivity index (χ4v) is 3.76. The molecule has 0 aromatic heterocycles. The summed E-state index contributed by atoms with van der Waals surface area (Å²) < 4.78 is 26.6. The fourth-order valence-electron chi connectivity index (χ4n) is 2.79. The van der Waals surface area contributed by atoms with Gasteiger partial charge in [-0.25, -0.2) is 8.42 Å². The van der Waals surface area contributed by atoms with Crippen LogP contribution in [-0.4, -0.2) is 57.0 Å². The van der Waals surface area contributed by atoms with E-state index in [1.165, 1.54) is 6.42 Å². The molecule has 0 aromatic rings. The molecule has 0 saturated carbocycles. The minimum Gasteiger partial charge on any atom is -0.352 e. The predicted octanol–water partition coefficient (Wildman–Crippen LogP) is -0.400. The highest BCUT2D eigenvalue weighted by atomic mass is 32.2. The lowest BCUT2D eigenvalue weighted by Gasteiger charge is -2.27. The zero-order valence-corrected chi connectivity index (χ0v) is 13.1. The summed E-state index contributed by atoms with van der Waals surface area (Å²) >= 11 is 0. The molecular weight excluding hydrogens is 304 g/mol. The highest BCUT2D eigenvalue weighted by Crippen LogP contribution is 2.16. The Balaban J connectivity index is 1.56. The van der Waals surface area contributed by atoms with Gasteiger partial charge >= 0.3 is 0 Å². The van der Waals surface area contributed by atoms with Gasteiger partial charge in [-0.3, -0.25) is 4.79 Å². The van der Waals surface area contributed by atoms with Gasteiger partial charge < -0.3 is 15.5 Å². The first-order chi connectivity index (χ1) is 10.5. The van der Waals surface area contributed by atoms with E-state index in [1.807, 2.05) is 0 Å². The summed E-state index contributed by atoms with van der Waals surface area (Å²) in [4.78, 5) is 13.8. The lowest BCUT2D eigenvalue weighted by molar-refractivity contribution is -0.117. The first-order valence-corrected chi connectivity index (χ1v) is 9.12. The van der Waals surface area contributed by atoms with Gasteiger partial charge in [0.05, 0.1) is 11.3 Å². The van der Waals surface area contributed by atoms with E-state index in [0.717, 1.165) is 19.5 Å². The van der Waals surface area contributed by atoms with Gasteiger partial charge in [0.15, 0.2) is 0 Å². The SMILES string of the molecule is O=C(NCCC1CCNC1)C1=CN2CCS(=O)(=O)N=C2C=C1. The summed E-state index contributed by atoms with van der Waals surface area (Å²) in [6.07, 6.45) is 7.00. The summed E-state index contributed by atoms with van der Waals surface area (Å²) in [6.45, 7) is 3.08. The van der Waals surface area contributed by atoms with Crippen molar-refractivity contribution in [3.63, 3.8) is 0 Å². The first-order valence-electron chi connectivity index (χ1n) is 7.52. The second-order valence-corrected chi connectivity index (χ2v) is 7.50. The second kappa shape index (κ2) is 6.21. The first kappa shape index (κ1) is 15.2. The Labute approximate surface area is 130 Å². The number of hydrogen-bond donors (Lipinski definition) is 2. The molecular formula is C14H20N4O3S. The van der Waals surface area contributed by atoms with Gasteiger partial charge in [0.25, 0.3) is 15.9 Å². The summed E-state index contributed by atoms with van der Waals surface area (Å²) in [5.41, 5.74) is 0.530. The van der Waals surface area contributed by atoms with E-state index in [2.05, 4.69) is 15.0 Å². The van der Waals surface area contributed by atoms with E-state index < -0.39 is 10.0 Å². The average molecular weight is 324 g/mol. The quantitative estimate of drug-likeness (QED) is 0.734. The van der Waals surface area contributed by atoms with E-state index in [0.29, 0.717) is 30.4 Å². The van der Waals surface area contributed by atoms with E-state index >= 15 is 0 Å². The number of fused-ring (bicyclic) bond motifs is 1.